The van der Waals surface area contributed by atoms with E-state index in [0.29, 0.717) is 23.6 Å². The van der Waals surface area contributed by atoms with Crippen LogP contribution in [0.15, 0.2) is 52.9 Å². The van der Waals surface area contributed by atoms with Gasteiger partial charge in [-0.3, -0.25) is 4.79 Å². The van der Waals surface area contributed by atoms with Crippen LogP contribution in [0.1, 0.15) is 16.1 Å². The van der Waals surface area contributed by atoms with E-state index in [-0.39, 0.29) is 5.91 Å². The molecule has 1 amide bonds. The third-order valence-corrected chi connectivity index (χ3v) is 3.85. The van der Waals surface area contributed by atoms with Crippen molar-refractivity contribution in [3.63, 3.8) is 0 Å². The maximum Gasteiger partial charge on any atom is 0.254 e. The van der Waals surface area contributed by atoms with Gasteiger partial charge in [0.25, 0.3) is 5.91 Å². The van der Waals surface area contributed by atoms with Gasteiger partial charge in [0.1, 0.15) is 11.3 Å². The largest absolute Gasteiger partial charge is 0.493 e. The average Bonchev–Trinajstić information content (AvgIpc) is 3.02. The summed E-state index contributed by atoms with van der Waals surface area (Å²) in [6.45, 7) is 0.391. The highest BCUT2D eigenvalue weighted by Crippen LogP contribution is 2.28. The van der Waals surface area contributed by atoms with Crippen LogP contribution in [0.4, 0.5) is 0 Å². The Morgan fingerprint density at radius 3 is 2.50 bits per heavy atom. The summed E-state index contributed by atoms with van der Waals surface area (Å²) in [5, 5.41) is 1.03. The molecule has 0 saturated heterocycles. The highest BCUT2D eigenvalue weighted by atomic mass is 16.5. The van der Waals surface area contributed by atoms with E-state index in [9.17, 15) is 4.79 Å². The van der Waals surface area contributed by atoms with Crippen LogP contribution in [0.5, 0.6) is 11.5 Å². The van der Waals surface area contributed by atoms with Crippen LogP contribution in [0.25, 0.3) is 11.0 Å². The summed E-state index contributed by atoms with van der Waals surface area (Å²) in [7, 11) is 4.85. The fourth-order valence-electron chi connectivity index (χ4n) is 2.61. The summed E-state index contributed by atoms with van der Waals surface area (Å²) >= 11 is 0. The number of methoxy groups -OCH3 is 2. The molecule has 2 aromatic carbocycles. The molecular formula is C19H19NO4. The smallest absolute Gasteiger partial charge is 0.254 e. The molecule has 0 radical (unpaired) electrons. The number of amides is 1. The molecule has 1 heterocycles. The van der Waals surface area contributed by atoms with E-state index in [1.807, 2.05) is 30.3 Å². The van der Waals surface area contributed by atoms with Gasteiger partial charge in [-0.2, -0.15) is 0 Å². The Kier molecular flexibility index (Phi) is 4.42. The number of furan rings is 1. The number of benzene rings is 2. The van der Waals surface area contributed by atoms with Crippen molar-refractivity contribution in [3.8, 4) is 11.5 Å². The summed E-state index contributed by atoms with van der Waals surface area (Å²) in [5.74, 6) is 1.75. The average molecular weight is 325 g/mol. The summed E-state index contributed by atoms with van der Waals surface area (Å²) < 4.78 is 16.2. The monoisotopic (exact) mass is 325 g/mol. The second kappa shape index (κ2) is 6.66. The molecule has 0 aliphatic heterocycles. The number of hydrogen-bond donors (Lipinski definition) is 0. The first-order valence-corrected chi connectivity index (χ1v) is 7.57. The van der Waals surface area contributed by atoms with E-state index in [1.165, 1.54) is 0 Å². The van der Waals surface area contributed by atoms with Crippen molar-refractivity contribution in [2.24, 2.45) is 0 Å². The molecule has 24 heavy (non-hydrogen) atoms. The Hall–Kier alpha value is -2.95. The number of nitrogens with zero attached hydrogens (tertiary/aromatic N) is 1. The van der Waals surface area contributed by atoms with Gasteiger partial charge in [-0.25, -0.2) is 0 Å². The minimum atomic E-state index is -0.114. The molecule has 0 aliphatic carbocycles. The minimum absolute atomic E-state index is 0.114. The molecule has 1 aromatic heterocycles. The maximum atomic E-state index is 12.6. The lowest BCUT2D eigenvalue weighted by atomic mass is 10.1. The Morgan fingerprint density at radius 1 is 1.04 bits per heavy atom. The number of hydrogen-bond acceptors (Lipinski definition) is 4. The van der Waals surface area contributed by atoms with Crippen molar-refractivity contribution in [2.75, 3.05) is 21.3 Å². The van der Waals surface area contributed by atoms with E-state index in [2.05, 4.69) is 0 Å². The van der Waals surface area contributed by atoms with E-state index in [0.717, 1.165) is 16.7 Å². The summed E-state index contributed by atoms with van der Waals surface area (Å²) in [4.78, 5) is 14.2. The first-order chi connectivity index (χ1) is 11.6. The topological polar surface area (TPSA) is 51.9 Å². The van der Waals surface area contributed by atoms with Crippen LogP contribution in [0.2, 0.25) is 0 Å². The third-order valence-electron chi connectivity index (χ3n) is 3.85. The van der Waals surface area contributed by atoms with Crippen LogP contribution in [-0.4, -0.2) is 32.1 Å². The first kappa shape index (κ1) is 15.9. The number of para-hydroxylation sites is 1. The Labute approximate surface area is 140 Å². The molecule has 0 fully saturated rings. The van der Waals surface area contributed by atoms with E-state index < -0.39 is 0 Å². The van der Waals surface area contributed by atoms with Gasteiger partial charge in [0.2, 0.25) is 0 Å². The third kappa shape index (κ3) is 3.06. The molecule has 0 unspecified atom stereocenters. The summed E-state index contributed by atoms with van der Waals surface area (Å²) in [6, 6.07) is 14.9. The molecule has 0 bridgehead atoms. The lowest BCUT2D eigenvalue weighted by Gasteiger charge is -2.17. The van der Waals surface area contributed by atoms with Crippen molar-refractivity contribution in [3.05, 3.63) is 59.9 Å². The molecule has 5 nitrogen and oxygen atoms in total. The lowest BCUT2D eigenvalue weighted by molar-refractivity contribution is 0.0776. The van der Waals surface area contributed by atoms with Gasteiger partial charge in [-0.1, -0.05) is 18.2 Å². The van der Waals surface area contributed by atoms with Crippen LogP contribution >= 0.6 is 0 Å². The highest BCUT2D eigenvalue weighted by Gasteiger charge is 2.16. The molecule has 0 atom stereocenters. The van der Waals surface area contributed by atoms with Crippen LogP contribution in [0, 0.1) is 0 Å². The van der Waals surface area contributed by atoms with Crippen LogP contribution in [0.3, 0.4) is 0 Å². The molecular weight excluding hydrogens is 306 g/mol. The van der Waals surface area contributed by atoms with E-state index >= 15 is 0 Å². The zero-order valence-corrected chi connectivity index (χ0v) is 13.9. The highest BCUT2D eigenvalue weighted by molar-refractivity contribution is 5.94. The SMILES string of the molecule is COc1ccc(C(=O)N(C)Cc2cc3ccccc3o2)cc1OC. The van der Waals surface area contributed by atoms with Gasteiger partial charge < -0.3 is 18.8 Å². The number of carbonyl (C=O) groups excluding carboxylic acids is 1. The van der Waals surface area contributed by atoms with Gasteiger partial charge >= 0.3 is 0 Å². The maximum absolute atomic E-state index is 12.6. The predicted molar refractivity (Wildman–Crippen MR) is 91.6 cm³/mol. The number of rotatable bonds is 5. The Morgan fingerprint density at radius 2 is 1.79 bits per heavy atom. The van der Waals surface area contributed by atoms with E-state index in [1.54, 1.807) is 44.4 Å². The van der Waals surface area contributed by atoms with Crippen LogP contribution < -0.4 is 9.47 Å². The summed E-state index contributed by atoms with van der Waals surface area (Å²) in [6.07, 6.45) is 0. The second-order valence-electron chi connectivity index (χ2n) is 5.48. The first-order valence-electron chi connectivity index (χ1n) is 7.57. The normalized spacial score (nSPS) is 10.6. The fourth-order valence-corrected chi connectivity index (χ4v) is 2.61. The van der Waals surface area contributed by atoms with Gasteiger partial charge in [0.05, 0.1) is 20.8 Å². The summed E-state index contributed by atoms with van der Waals surface area (Å²) in [5.41, 5.74) is 1.35. The molecule has 0 N–H and O–H groups in total. The quantitative estimate of drug-likeness (QED) is 0.717. The number of ether oxygens (including phenoxy) is 2. The molecule has 0 aliphatic rings. The van der Waals surface area contributed by atoms with Gasteiger partial charge in [-0.15, -0.1) is 0 Å². The molecule has 0 saturated carbocycles. The van der Waals surface area contributed by atoms with Crippen molar-refractivity contribution < 1.29 is 18.7 Å². The van der Waals surface area contributed by atoms with Gasteiger partial charge in [-0.05, 0) is 30.3 Å². The number of carbonyl (C=O) groups is 1. The van der Waals surface area contributed by atoms with Gasteiger partial charge in [0.15, 0.2) is 11.5 Å². The van der Waals surface area contributed by atoms with Gasteiger partial charge in [0, 0.05) is 18.0 Å². The minimum Gasteiger partial charge on any atom is -0.493 e. The Bertz CT molecular complexity index is 836. The molecule has 5 heteroatoms. The molecule has 3 aromatic rings. The second-order valence-corrected chi connectivity index (χ2v) is 5.48. The Balaban J connectivity index is 1.79. The van der Waals surface area contributed by atoms with Crippen molar-refractivity contribution >= 4 is 16.9 Å². The fraction of sp³-hybridized carbons (Fsp3) is 0.211. The van der Waals surface area contributed by atoms with E-state index in [4.69, 9.17) is 13.9 Å². The zero-order valence-electron chi connectivity index (χ0n) is 13.9. The molecule has 124 valence electrons. The molecule has 3 rings (SSSR count). The van der Waals surface area contributed by atoms with Crippen LogP contribution in [-0.2, 0) is 6.54 Å². The van der Waals surface area contributed by atoms with Crippen molar-refractivity contribution in [1.82, 2.24) is 4.90 Å². The number of fused-ring (bicyclic) bond motifs is 1. The zero-order chi connectivity index (χ0) is 17.1. The predicted octanol–water partition coefficient (Wildman–Crippen LogP) is 3.72. The van der Waals surface area contributed by atoms with Crippen molar-refractivity contribution in [2.45, 2.75) is 6.54 Å². The molecule has 0 spiro atoms. The van der Waals surface area contributed by atoms with Crippen molar-refractivity contribution in [1.29, 1.82) is 0 Å². The standard InChI is InChI=1S/C19H19NO4/c1-20(12-15-10-13-6-4-5-7-16(13)24-15)19(21)14-8-9-17(22-2)18(11-14)23-3/h4-11H,12H2,1-3H3. The lowest BCUT2D eigenvalue weighted by Crippen LogP contribution is -2.26.